The average molecular weight is 476 g/mol. The molecule has 0 radical (unpaired) electrons. The van der Waals surface area contributed by atoms with Gasteiger partial charge in [-0.05, 0) is 12.1 Å². The Bertz CT molecular complexity index is 1300. The van der Waals surface area contributed by atoms with Crippen molar-refractivity contribution in [2.75, 3.05) is 7.11 Å². The number of aromatic hydroxyl groups is 2. The fourth-order valence-electron chi connectivity index (χ4n) is 3.61. The quantitative estimate of drug-likeness (QED) is 0.273. The monoisotopic (exact) mass is 476 g/mol. The number of phenols is 2. The minimum atomic E-state index is -1.95. The zero-order chi connectivity index (χ0) is 24.7. The molecule has 3 aromatic rings. The largest absolute Gasteiger partial charge is 0.504 e. The number of hydrogen-bond acceptors (Lipinski definition) is 11. The van der Waals surface area contributed by atoms with Crippen LogP contribution >= 0.6 is 0 Å². The number of hydrogen-bond donors (Lipinski definition) is 6. The number of aliphatic carboxylic acids is 1. The lowest BCUT2D eigenvalue weighted by atomic mass is 9.99. The molecule has 0 bridgehead atoms. The topological polar surface area (TPSA) is 196 Å². The smallest absolute Gasteiger partial charge is 0.335 e. The molecule has 6 N–H and O–H groups in total. The van der Waals surface area contributed by atoms with Gasteiger partial charge in [0.25, 0.3) is 0 Å². The Hall–Kier alpha value is -3.84. The van der Waals surface area contributed by atoms with Gasteiger partial charge in [0.1, 0.15) is 40.8 Å². The third-order valence-corrected chi connectivity index (χ3v) is 5.36. The van der Waals surface area contributed by atoms with Gasteiger partial charge in [0.05, 0.1) is 12.7 Å². The maximum atomic E-state index is 12.7. The number of benzene rings is 2. The fraction of sp³-hybridized carbons (Fsp3) is 0.273. The molecule has 0 saturated carbocycles. The second-order valence-electron chi connectivity index (χ2n) is 7.47. The third kappa shape index (κ3) is 3.88. The summed E-state index contributed by atoms with van der Waals surface area (Å²) < 4.78 is 21.3. The van der Waals surface area contributed by atoms with Gasteiger partial charge in [0.2, 0.25) is 12.0 Å². The van der Waals surface area contributed by atoms with Gasteiger partial charge in [-0.1, -0.05) is 12.1 Å². The van der Waals surface area contributed by atoms with Crippen LogP contribution in [0.25, 0.3) is 22.3 Å². The van der Waals surface area contributed by atoms with Crippen molar-refractivity contribution < 1.29 is 54.1 Å². The molecular weight excluding hydrogens is 456 g/mol. The number of rotatable bonds is 5. The van der Waals surface area contributed by atoms with Gasteiger partial charge in [-0.2, -0.15) is 0 Å². The summed E-state index contributed by atoms with van der Waals surface area (Å²) in [5, 5.41) is 59.5. The lowest BCUT2D eigenvalue weighted by Gasteiger charge is -2.38. The number of ether oxygens (including phenoxy) is 3. The Balaban J connectivity index is 1.79. The fourth-order valence-corrected chi connectivity index (χ4v) is 3.61. The summed E-state index contributed by atoms with van der Waals surface area (Å²) in [6.45, 7) is 0. The van der Waals surface area contributed by atoms with Gasteiger partial charge in [-0.25, -0.2) is 4.79 Å². The lowest BCUT2D eigenvalue weighted by Crippen LogP contribution is -2.61. The maximum absolute atomic E-state index is 12.7. The van der Waals surface area contributed by atoms with E-state index in [1.54, 1.807) is 24.3 Å². The first-order chi connectivity index (χ1) is 16.1. The molecular formula is C22H20O12. The van der Waals surface area contributed by atoms with Gasteiger partial charge in [0, 0.05) is 12.1 Å². The van der Waals surface area contributed by atoms with E-state index >= 15 is 0 Å². The maximum Gasteiger partial charge on any atom is 0.335 e. The number of carboxylic acid groups (broad SMARTS) is 1. The lowest BCUT2D eigenvalue weighted by molar-refractivity contribution is -0.271. The predicted molar refractivity (Wildman–Crippen MR) is 113 cm³/mol. The van der Waals surface area contributed by atoms with E-state index < -0.39 is 59.4 Å². The van der Waals surface area contributed by atoms with Crippen molar-refractivity contribution in [2.45, 2.75) is 30.7 Å². The molecule has 34 heavy (non-hydrogen) atoms. The molecule has 12 nitrogen and oxygen atoms in total. The Kier molecular flexibility index (Phi) is 6.06. The number of methoxy groups -OCH3 is 1. The van der Waals surface area contributed by atoms with Crippen LogP contribution in [0.15, 0.2) is 45.6 Å². The van der Waals surface area contributed by atoms with Gasteiger partial charge in [-0.3, -0.25) is 4.79 Å². The van der Waals surface area contributed by atoms with Crippen molar-refractivity contribution in [2.24, 2.45) is 0 Å². The summed E-state index contributed by atoms with van der Waals surface area (Å²) in [6.07, 6.45) is -9.64. The van der Waals surface area contributed by atoms with Crippen molar-refractivity contribution >= 4 is 16.9 Å². The first kappa shape index (κ1) is 23.3. The van der Waals surface area contributed by atoms with E-state index in [1.165, 1.54) is 7.11 Å². The van der Waals surface area contributed by atoms with E-state index in [4.69, 9.17) is 23.7 Å². The minimum absolute atomic E-state index is 0.0735. The predicted octanol–water partition coefficient (Wildman–Crippen LogP) is 0.151. The summed E-state index contributed by atoms with van der Waals surface area (Å²) in [5.74, 6) is -3.53. The van der Waals surface area contributed by atoms with Crippen LogP contribution in [-0.4, -0.2) is 74.4 Å². The number of aliphatic hydroxyl groups is 3. The van der Waals surface area contributed by atoms with E-state index in [0.717, 1.165) is 12.1 Å². The normalized spacial score (nSPS) is 24.6. The molecule has 180 valence electrons. The van der Waals surface area contributed by atoms with Crippen LogP contribution in [0.3, 0.4) is 0 Å². The van der Waals surface area contributed by atoms with Crippen molar-refractivity contribution in [3.63, 3.8) is 0 Å². The number of aliphatic hydroxyl groups excluding tert-OH is 3. The van der Waals surface area contributed by atoms with Crippen LogP contribution in [0, 0.1) is 0 Å². The number of para-hydroxylation sites is 1. The van der Waals surface area contributed by atoms with Crippen LogP contribution in [0.2, 0.25) is 0 Å². The van der Waals surface area contributed by atoms with Crippen molar-refractivity contribution in [3.8, 4) is 34.3 Å². The van der Waals surface area contributed by atoms with E-state index in [1.807, 2.05) is 0 Å². The van der Waals surface area contributed by atoms with Gasteiger partial charge < -0.3 is 49.3 Å². The third-order valence-electron chi connectivity index (χ3n) is 5.36. The first-order valence-electron chi connectivity index (χ1n) is 9.89. The van der Waals surface area contributed by atoms with Gasteiger partial charge >= 0.3 is 5.97 Å². The molecule has 5 atom stereocenters. The van der Waals surface area contributed by atoms with E-state index in [-0.39, 0.29) is 16.7 Å². The van der Waals surface area contributed by atoms with Crippen molar-refractivity contribution in [3.05, 3.63) is 46.6 Å². The SMILES string of the molecule is COc1ccccc1-c1cc(=O)c2c(O)c(O)c(O[C@@H]3O[C@H](C(=O)O)[C@@H](O)[C@H](O)[C@H]3O)cc2o1. The van der Waals surface area contributed by atoms with Crippen molar-refractivity contribution in [1.29, 1.82) is 0 Å². The highest BCUT2D eigenvalue weighted by atomic mass is 16.7. The zero-order valence-electron chi connectivity index (χ0n) is 17.5. The number of phenolic OH excluding ortho intramolecular Hbond substituents is 2. The molecule has 1 saturated heterocycles. The number of fused-ring (bicyclic) bond motifs is 1. The number of carbonyl (C=O) groups is 1. The highest BCUT2D eigenvalue weighted by molar-refractivity contribution is 5.89. The molecule has 0 spiro atoms. The molecule has 0 unspecified atom stereocenters. The molecule has 1 aliphatic heterocycles. The minimum Gasteiger partial charge on any atom is -0.504 e. The molecule has 2 heterocycles. The number of carboxylic acids is 1. The second kappa shape index (κ2) is 8.83. The van der Waals surface area contributed by atoms with Crippen LogP contribution in [0.1, 0.15) is 0 Å². The Labute approximate surface area is 190 Å². The Morgan fingerprint density at radius 1 is 0.971 bits per heavy atom. The van der Waals surface area contributed by atoms with Gasteiger partial charge in [-0.15, -0.1) is 0 Å². The zero-order valence-corrected chi connectivity index (χ0v) is 17.5. The summed E-state index contributed by atoms with van der Waals surface area (Å²) in [7, 11) is 1.43. The second-order valence-corrected chi connectivity index (χ2v) is 7.47. The highest BCUT2D eigenvalue weighted by Gasteiger charge is 2.48. The molecule has 1 aromatic heterocycles. The Morgan fingerprint density at radius 3 is 2.35 bits per heavy atom. The Morgan fingerprint density at radius 2 is 1.68 bits per heavy atom. The van der Waals surface area contributed by atoms with Crippen molar-refractivity contribution in [1.82, 2.24) is 0 Å². The molecule has 4 rings (SSSR count). The summed E-state index contributed by atoms with van der Waals surface area (Å²) >= 11 is 0. The molecule has 0 amide bonds. The van der Waals surface area contributed by atoms with E-state index in [2.05, 4.69) is 0 Å². The standard InChI is InChI=1S/C22H20O12/c1-31-10-5-3-2-4-8(10)11-6-9(23)14-12(32-11)7-13(15(24)16(14)25)33-22-19(28)17(26)18(27)20(34-22)21(29)30/h2-7,17-20,22,24-28H,1H3,(H,29,30)/t17-,18-,19+,20-,22+/m0/s1. The summed E-state index contributed by atoms with van der Waals surface area (Å²) in [6, 6.07) is 8.79. The molecule has 1 fully saturated rings. The molecule has 12 heteroatoms. The van der Waals surface area contributed by atoms with Crippen LogP contribution in [-0.2, 0) is 9.53 Å². The van der Waals surface area contributed by atoms with Crippen LogP contribution in [0.4, 0.5) is 0 Å². The molecule has 2 aromatic carbocycles. The molecule has 1 aliphatic rings. The van der Waals surface area contributed by atoms with E-state index in [9.17, 15) is 35.1 Å². The van der Waals surface area contributed by atoms with Gasteiger partial charge in [0.15, 0.2) is 23.0 Å². The highest BCUT2D eigenvalue weighted by Crippen LogP contribution is 2.43. The van der Waals surface area contributed by atoms with Crippen LogP contribution < -0.4 is 14.9 Å². The average Bonchev–Trinajstić information content (AvgIpc) is 2.81. The van der Waals surface area contributed by atoms with Crippen LogP contribution in [0.5, 0.6) is 23.0 Å². The summed E-state index contributed by atoms with van der Waals surface area (Å²) in [5.41, 5.74) is -0.495. The van der Waals surface area contributed by atoms with E-state index in [0.29, 0.717) is 11.3 Å². The molecule has 0 aliphatic carbocycles. The summed E-state index contributed by atoms with van der Waals surface area (Å²) in [4.78, 5) is 24.0. The first-order valence-corrected chi connectivity index (χ1v) is 9.89.